The van der Waals surface area contributed by atoms with Gasteiger partial charge in [-0.15, -0.1) is 25.6 Å². The molecule has 3 N–H and O–H groups in total. The van der Waals surface area contributed by atoms with E-state index in [0.717, 1.165) is 12.8 Å². The molecule has 0 unspecified atom stereocenters. The maximum Gasteiger partial charge on any atom is 0.573 e. The minimum atomic E-state index is -4.70. The van der Waals surface area contributed by atoms with Crippen LogP contribution in [-0.4, -0.2) is 17.8 Å². The second kappa shape index (κ2) is 7.19. The standard InChI is InChI=1S/C14H17F3N2O2.ClH/c15-14(16,17)21-11-5-3-10(4-6-11)9-19-12(20)13(18)7-1-2-8-13;/h3-6H,1-2,7-9,18H2,(H,19,20);1H. The first-order valence-corrected chi connectivity index (χ1v) is 6.70. The second-order valence-electron chi connectivity index (χ2n) is 5.24. The van der Waals surface area contributed by atoms with Crippen LogP contribution in [-0.2, 0) is 11.3 Å². The second-order valence-corrected chi connectivity index (χ2v) is 5.24. The highest BCUT2D eigenvalue weighted by Crippen LogP contribution is 2.27. The Balaban J connectivity index is 0.00000242. The summed E-state index contributed by atoms with van der Waals surface area (Å²) in [5.41, 5.74) is 5.88. The largest absolute Gasteiger partial charge is 0.573 e. The molecule has 0 saturated heterocycles. The van der Waals surface area contributed by atoms with Gasteiger partial charge in [-0.2, -0.15) is 0 Å². The lowest BCUT2D eigenvalue weighted by Gasteiger charge is -2.22. The SMILES string of the molecule is Cl.NC1(C(=O)NCc2ccc(OC(F)(F)F)cc2)CCCC1. The van der Waals surface area contributed by atoms with E-state index in [9.17, 15) is 18.0 Å². The molecule has 1 fully saturated rings. The summed E-state index contributed by atoms with van der Waals surface area (Å²) in [6.45, 7) is 0.226. The van der Waals surface area contributed by atoms with Gasteiger partial charge in [0.1, 0.15) is 5.75 Å². The number of carbonyl (C=O) groups excluding carboxylic acids is 1. The van der Waals surface area contributed by atoms with Crippen LogP contribution in [0, 0.1) is 0 Å². The monoisotopic (exact) mass is 338 g/mol. The van der Waals surface area contributed by atoms with E-state index >= 15 is 0 Å². The van der Waals surface area contributed by atoms with Gasteiger partial charge >= 0.3 is 6.36 Å². The third-order valence-electron chi connectivity index (χ3n) is 3.56. The smallest absolute Gasteiger partial charge is 0.406 e. The van der Waals surface area contributed by atoms with Gasteiger partial charge in [-0.1, -0.05) is 25.0 Å². The molecule has 0 aromatic heterocycles. The summed E-state index contributed by atoms with van der Waals surface area (Å²) < 4.78 is 39.8. The van der Waals surface area contributed by atoms with Crippen LogP contribution >= 0.6 is 12.4 Å². The van der Waals surface area contributed by atoms with Crippen LogP contribution in [0.3, 0.4) is 0 Å². The summed E-state index contributed by atoms with van der Waals surface area (Å²) in [6, 6.07) is 5.36. The maximum absolute atomic E-state index is 12.0. The van der Waals surface area contributed by atoms with Gasteiger partial charge in [0.25, 0.3) is 0 Å². The van der Waals surface area contributed by atoms with Crippen molar-refractivity contribution < 1.29 is 22.7 Å². The number of ether oxygens (including phenoxy) is 1. The number of halogens is 4. The van der Waals surface area contributed by atoms with Crippen molar-refractivity contribution in [2.45, 2.75) is 44.1 Å². The van der Waals surface area contributed by atoms with E-state index < -0.39 is 11.9 Å². The molecule has 1 aromatic carbocycles. The van der Waals surface area contributed by atoms with Crippen LogP contribution in [0.25, 0.3) is 0 Å². The number of alkyl halides is 3. The minimum absolute atomic E-state index is 0. The van der Waals surface area contributed by atoms with Crippen molar-refractivity contribution in [2.75, 3.05) is 0 Å². The molecule has 1 aliphatic carbocycles. The molecule has 0 radical (unpaired) electrons. The van der Waals surface area contributed by atoms with Crippen molar-refractivity contribution in [3.63, 3.8) is 0 Å². The number of nitrogens with two attached hydrogens (primary N) is 1. The van der Waals surface area contributed by atoms with Crippen LogP contribution in [0.15, 0.2) is 24.3 Å². The van der Waals surface area contributed by atoms with E-state index in [1.165, 1.54) is 24.3 Å². The minimum Gasteiger partial charge on any atom is -0.406 e. The Morgan fingerprint density at radius 1 is 1.23 bits per heavy atom. The van der Waals surface area contributed by atoms with E-state index in [2.05, 4.69) is 10.1 Å². The van der Waals surface area contributed by atoms with Crippen molar-refractivity contribution in [2.24, 2.45) is 5.73 Å². The van der Waals surface area contributed by atoms with Crippen molar-refractivity contribution >= 4 is 18.3 Å². The lowest BCUT2D eigenvalue weighted by molar-refractivity contribution is -0.274. The van der Waals surface area contributed by atoms with E-state index in [4.69, 9.17) is 5.73 Å². The first-order valence-electron chi connectivity index (χ1n) is 6.70. The van der Waals surface area contributed by atoms with Crippen LogP contribution in [0.4, 0.5) is 13.2 Å². The number of amides is 1. The van der Waals surface area contributed by atoms with Gasteiger partial charge in [0.15, 0.2) is 0 Å². The van der Waals surface area contributed by atoms with Crippen LogP contribution in [0.2, 0.25) is 0 Å². The molecule has 1 amide bonds. The zero-order valence-corrected chi connectivity index (χ0v) is 12.6. The molecule has 1 aromatic rings. The Labute approximate surface area is 132 Å². The summed E-state index contributed by atoms with van der Waals surface area (Å²) in [7, 11) is 0. The van der Waals surface area contributed by atoms with Gasteiger partial charge in [-0.05, 0) is 30.5 Å². The van der Waals surface area contributed by atoms with Gasteiger partial charge in [-0.25, -0.2) is 0 Å². The van der Waals surface area contributed by atoms with Crippen LogP contribution in [0.5, 0.6) is 5.75 Å². The number of hydrogen-bond acceptors (Lipinski definition) is 3. The summed E-state index contributed by atoms with van der Waals surface area (Å²) in [6.07, 6.45) is -1.50. The maximum atomic E-state index is 12.0. The number of rotatable bonds is 4. The molecule has 8 heteroatoms. The molecule has 1 saturated carbocycles. The number of carbonyl (C=O) groups is 1. The third-order valence-corrected chi connectivity index (χ3v) is 3.56. The third kappa shape index (κ3) is 5.06. The van der Waals surface area contributed by atoms with Gasteiger partial charge in [0.2, 0.25) is 5.91 Å². The number of hydrogen-bond donors (Lipinski definition) is 2. The molecule has 1 aliphatic rings. The van der Waals surface area contributed by atoms with E-state index in [1.807, 2.05) is 0 Å². The number of nitrogens with one attached hydrogen (secondary N) is 1. The van der Waals surface area contributed by atoms with Crippen molar-refractivity contribution in [3.05, 3.63) is 29.8 Å². The van der Waals surface area contributed by atoms with Gasteiger partial charge in [0, 0.05) is 6.54 Å². The topological polar surface area (TPSA) is 64.4 Å². The molecule has 0 aliphatic heterocycles. The predicted octanol–water partition coefficient (Wildman–Crippen LogP) is 2.89. The molecule has 0 spiro atoms. The Morgan fingerprint density at radius 2 is 1.77 bits per heavy atom. The van der Waals surface area contributed by atoms with Gasteiger partial charge in [-0.3, -0.25) is 4.79 Å². The molecule has 0 bridgehead atoms. The fourth-order valence-corrected chi connectivity index (χ4v) is 2.40. The van der Waals surface area contributed by atoms with E-state index in [1.54, 1.807) is 0 Å². The quantitative estimate of drug-likeness (QED) is 0.887. The van der Waals surface area contributed by atoms with Crippen molar-refractivity contribution in [1.29, 1.82) is 0 Å². The van der Waals surface area contributed by atoms with E-state index in [-0.39, 0.29) is 30.6 Å². The lowest BCUT2D eigenvalue weighted by Crippen LogP contribution is -2.51. The molecule has 124 valence electrons. The Kier molecular flexibility index (Phi) is 6.08. The Morgan fingerprint density at radius 3 is 2.27 bits per heavy atom. The Bertz CT molecular complexity index is 500. The highest BCUT2D eigenvalue weighted by atomic mass is 35.5. The van der Waals surface area contributed by atoms with Crippen LogP contribution in [0.1, 0.15) is 31.2 Å². The first-order chi connectivity index (χ1) is 9.78. The van der Waals surface area contributed by atoms with E-state index in [0.29, 0.717) is 18.4 Å². The molecule has 2 rings (SSSR count). The summed E-state index contributed by atoms with van der Waals surface area (Å²) in [4.78, 5) is 12.0. The van der Waals surface area contributed by atoms with Crippen molar-refractivity contribution in [1.82, 2.24) is 5.32 Å². The molecular weight excluding hydrogens is 321 g/mol. The molecule has 0 atom stereocenters. The summed E-state index contributed by atoms with van der Waals surface area (Å²) in [5.74, 6) is -0.501. The summed E-state index contributed by atoms with van der Waals surface area (Å²) >= 11 is 0. The zero-order valence-electron chi connectivity index (χ0n) is 11.8. The summed E-state index contributed by atoms with van der Waals surface area (Å²) in [5, 5.41) is 2.72. The average Bonchev–Trinajstić information content (AvgIpc) is 2.84. The lowest BCUT2D eigenvalue weighted by atomic mass is 9.98. The normalized spacial score (nSPS) is 16.7. The molecule has 4 nitrogen and oxygen atoms in total. The molecule has 22 heavy (non-hydrogen) atoms. The highest BCUT2D eigenvalue weighted by molar-refractivity contribution is 5.86. The molecular formula is C14H18ClF3N2O2. The highest BCUT2D eigenvalue weighted by Gasteiger charge is 2.36. The fraction of sp³-hybridized carbons (Fsp3) is 0.500. The Hall–Kier alpha value is -1.47. The van der Waals surface area contributed by atoms with Gasteiger partial charge < -0.3 is 15.8 Å². The van der Waals surface area contributed by atoms with Gasteiger partial charge in [0.05, 0.1) is 5.54 Å². The van der Waals surface area contributed by atoms with Crippen molar-refractivity contribution in [3.8, 4) is 5.75 Å². The zero-order chi connectivity index (χ0) is 15.5. The first kappa shape index (κ1) is 18.6. The van der Waals surface area contributed by atoms with Crippen LogP contribution < -0.4 is 15.8 Å². The molecule has 0 heterocycles. The predicted molar refractivity (Wildman–Crippen MR) is 77.6 cm³/mol. The fourth-order valence-electron chi connectivity index (χ4n) is 2.40. The number of benzene rings is 1. The average molecular weight is 339 g/mol.